The minimum Gasteiger partial charge on any atom is -0.506 e. The van der Waals surface area contributed by atoms with Gasteiger partial charge in [0.05, 0.1) is 0 Å². The number of H-pyrrole nitrogens is 1. The molecule has 0 spiro atoms. The molecule has 0 radical (unpaired) electrons. The zero-order chi connectivity index (χ0) is 23.7. The van der Waals surface area contributed by atoms with Crippen LogP contribution in [0, 0.1) is 13.8 Å². The first-order valence-electron chi connectivity index (χ1n) is 10.9. The fourth-order valence-corrected chi connectivity index (χ4v) is 4.11. The summed E-state index contributed by atoms with van der Waals surface area (Å²) in [5, 5.41) is 16.4. The molecule has 2 N–H and O–H groups in total. The molecular weight excluding hydrogens is 430 g/mol. The number of ether oxygens (including phenoxy) is 1. The Morgan fingerprint density at radius 1 is 0.971 bits per heavy atom. The molecule has 2 aromatic heterocycles. The highest BCUT2D eigenvalue weighted by Gasteiger charge is 2.13. The molecular formula is C27H23N3O4. The van der Waals surface area contributed by atoms with Crippen molar-refractivity contribution in [1.29, 1.82) is 0 Å². The number of aromatic hydroxyl groups is 1. The van der Waals surface area contributed by atoms with Crippen molar-refractivity contribution in [2.24, 2.45) is 0 Å². The van der Waals surface area contributed by atoms with Crippen LogP contribution in [0.5, 0.6) is 11.5 Å². The van der Waals surface area contributed by atoms with E-state index in [1.807, 2.05) is 62.4 Å². The second-order valence-corrected chi connectivity index (χ2v) is 8.28. The number of aromatic amines is 1. The van der Waals surface area contributed by atoms with Crippen molar-refractivity contribution in [2.45, 2.75) is 26.9 Å². The van der Waals surface area contributed by atoms with Gasteiger partial charge in [0.1, 0.15) is 23.8 Å². The fraction of sp³-hybridized carbons (Fsp3) is 0.148. The molecule has 0 aliphatic carbocycles. The van der Waals surface area contributed by atoms with Crippen LogP contribution in [0.15, 0.2) is 76.0 Å². The highest BCUT2D eigenvalue weighted by atomic mass is 16.5. The molecule has 3 aromatic carbocycles. The zero-order valence-electron chi connectivity index (χ0n) is 18.8. The smallest absolute Gasteiger partial charge is 0.439 e. The number of hydrogen-bond donors (Lipinski definition) is 2. The Morgan fingerprint density at radius 2 is 1.74 bits per heavy atom. The van der Waals surface area contributed by atoms with Crippen LogP contribution in [0.4, 0.5) is 0 Å². The molecule has 0 bridgehead atoms. The fourth-order valence-electron chi connectivity index (χ4n) is 4.11. The maximum atomic E-state index is 11.1. The molecule has 0 saturated carbocycles. The summed E-state index contributed by atoms with van der Waals surface area (Å²) in [6.45, 7) is 4.16. The summed E-state index contributed by atoms with van der Waals surface area (Å²) in [4.78, 5) is 18.3. The SMILES string of the molecule is Cc1cc(OCc2noc(=O)[nH]2)cc(C)c1Cc1ccc(O)c(-c2ccc3ccccc3c2)n1. The highest BCUT2D eigenvalue weighted by molar-refractivity contribution is 5.87. The molecule has 0 unspecified atom stereocenters. The number of nitrogens with one attached hydrogen (secondary N) is 1. The predicted molar refractivity (Wildman–Crippen MR) is 129 cm³/mol. The average Bonchev–Trinajstić information content (AvgIpc) is 3.26. The molecule has 5 rings (SSSR count). The Hall–Kier alpha value is -4.39. The van der Waals surface area contributed by atoms with E-state index in [2.05, 4.69) is 26.8 Å². The van der Waals surface area contributed by atoms with Crippen molar-refractivity contribution >= 4 is 10.8 Å². The van der Waals surface area contributed by atoms with Crippen molar-refractivity contribution < 1.29 is 14.4 Å². The van der Waals surface area contributed by atoms with Crippen LogP contribution in [-0.4, -0.2) is 20.2 Å². The van der Waals surface area contributed by atoms with E-state index in [1.54, 1.807) is 6.07 Å². The molecule has 0 aliphatic rings. The molecule has 0 fully saturated rings. The van der Waals surface area contributed by atoms with Gasteiger partial charge in [0, 0.05) is 17.7 Å². The van der Waals surface area contributed by atoms with Gasteiger partial charge in [-0.2, -0.15) is 0 Å². The second-order valence-electron chi connectivity index (χ2n) is 8.28. The molecule has 2 heterocycles. The molecule has 0 amide bonds. The topological polar surface area (TPSA) is 101 Å². The first-order valence-corrected chi connectivity index (χ1v) is 10.9. The van der Waals surface area contributed by atoms with Crippen LogP contribution in [0.1, 0.15) is 28.2 Å². The standard InChI is InChI=1S/C27H23N3O4/c1-16-11-22(33-15-25-29-27(32)34-30-25)12-17(2)23(16)14-21-9-10-24(31)26(28-21)20-8-7-18-5-3-4-6-19(18)13-20/h3-13,31H,14-15H2,1-2H3,(H,29,30,32). The van der Waals surface area contributed by atoms with Crippen LogP contribution in [0.25, 0.3) is 22.0 Å². The summed E-state index contributed by atoms with van der Waals surface area (Å²) >= 11 is 0. The normalized spacial score (nSPS) is 11.1. The van der Waals surface area contributed by atoms with Gasteiger partial charge in [-0.25, -0.2) is 9.78 Å². The maximum Gasteiger partial charge on any atom is 0.439 e. The van der Waals surface area contributed by atoms with Crippen molar-refractivity contribution in [2.75, 3.05) is 0 Å². The summed E-state index contributed by atoms with van der Waals surface area (Å²) < 4.78 is 10.2. The molecule has 0 atom stereocenters. The minimum absolute atomic E-state index is 0.110. The summed E-state index contributed by atoms with van der Waals surface area (Å²) in [5.41, 5.74) is 5.57. The lowest BCUT2D eigenvalue weighted by Gasteiger charge is -2.14. The van der Waals surface area contributed by atoms with Crippen LogP contribution in [-0.2, 0) is 13.0 Å². The number of nitrogens with zero attached hydrogens (tertiary/aromatic N) is 2. The summed E-state index contributed by atoms with van der Waals surface area (Å²) in [6, 6.07) is 21.6. The van der Waals surface area contributed by atoms with Crippen molar-refractivity contribution in [3.63, 3.8) is 0 Å². The van der Waals surface area contributed by atoms with E-state index in [4.69, 9.17) is 9.72 Å². The molecule has 34 heavy (non-hydrogen) atoms. The lowest BCUT2D eigenvalue weighted by Crippen LogP contribution is -2.03. The average molecular weight is 453 g/mol. The van der Waals surface area contributed by atoms with E-state index in [1.165, 1.54) is 0 Å². The number of rotatable bonds is 6. The molecule has 7 nitrogen and oxygen atoms in total. The number of aryl methyl sites for hydroxylation is 2. The summed E-state index contributed by atoms with van der Waals surface area (Å²) in [5.74, 6) is 0.560. The Labute approximate surface area is 195 Å². The number of benzene rings is 3. The molecule has 0 aliphatic heterocycles. The summed E-state index contributed by atoms with van der Waals surface area (Å²) in [7, 11) is 0. The third-order valence-corrected chi connectivity index (χ3v) is 5.84. The van der Waals surface area contributed by atoms with E-state index in [0.717, 1.165) is 38.7 Å². The monoisotopic (exact) mass is 453 g/mol. The highest BCUT2D eigenvalue weighted by Crippen LogP contribution is 2.31. The van der Waals surface area contributed by atoms with Crippen molar-refractivity contribution in [1.82, 2.24) is 15.1 Å². The van der Waals surface area contributed by atoms with Gasteiger partial charge in [-0.3, -0.25) is 9.51 Å². The lowest BCUT2D eigenvalue weighted by molar-refractivity contribution is 0.285. The van der Waals surface area contributed by atoms with Gasteiger partial charge in [-0.15, -0.1) is 0 Å². The van der Waals surface area contributed by atoms with Gasteiger partial charge in [0.2, 0.25) is 0 Å². The zero-order valence-corrected chi connectivity index (χ0v) is 18.8. The van der Waals surface area contributed by atoms with Gasteiger partial charge in [-0.05, 0) is 71.6 Å². The molecule has 0 saturated heterocycles. The van der Waals surface area contributed by atoms with Crippen molar-refractivity contribution in [3.8, 4) is 22.8 Å². The van der Waals surface area contributed by atoms with E-state index in [-0.39, 0.29) is 12.4 Å². The van der Waals surface area contributed by atoms with E-state index in [9.17, 15) is 9.90 Å². The van der Waals surface area contributed by atoms with E-state index in [0.29, 0.717) is 23.7 Å². The van der Waals surface area contributed by atoms with Crippen LogP contribution in [0.3, 0.4) is 0 Å². The van der Waals surface area contributed by atoms with Crippen LogP contribution < -0.4 is 10.5 Å². The summed E-state index contributed by atoms with van der Waals surface area (Å²) in [6.07, 6.45) is 0.620. The van der Waals surface area contributed by atoms with Gasteiger partial charge in [0.15, 0.2) is 5.82 Å². The quantitative estimate of drug-likeness (QED) is 0.372. The van der Waals surface area contributed by atoms with E-state index >= 15 is 0 Å². The molecule has 170 valence electrons. The van der Waals surface area contributed by atoms with E-state index < -0.39 is 5.76 Å². The number of pyridine rings is 1. The Morgan fingerprint density at radius 3 is 2.47 bits per heavy atom. The van der Waals surface area contributed by atoms with Gasteiger partial charge in [-0.1, -0.05) is 41.6 Å². The third kappa shape index (κ3) is 4.41. The maximum absolute atomic E-state index is 11.1. The lowest BCUT2D eigenvalue weighted by atomic mass is 9.97. The Kier molecular flexibility index (Phi) is 5.59. The largest absolute Gasteiger partial charge is 0.506 e. The van der Waals surface area contributed by atoms with Crippen molar-refractivity contribution in [3.05, 3.63) is 105 Å². The Bertz CT molecular complexity index is 1530. The van der Waals surface area contributed by atoms with Gasteiger partial charge >= 0.3 is 5.76 Å². The first-order chi connectivity index (χ1) is 16.5. The number of fused-ring (bicyclic) bond motifs is 1. The first kappa shape index (κ1) is 21.5. The minimum atomic E-state index is -0.606. The molecule has 5 aromatic rings. The van der Waals surface area contributed by atoms with Crippen LogP contribution in [0.2, 0.25) is 0 Å². The predicted octanol–water partition coefficient (Wildman–Crippen LogP) is 5.07. The number of aromatic nitrogens is 3. The Balaban J connectivity index is 1.40. The second kappa shape index (κ2) is 8.86. The number of hydrogen-bond acceptors (Lipinski definition) is 6. The third-order valence-electron chi connectivity index (χ3n) is 5.84. The van der Waals surface area contributed by atoms with Gasteiger partial charge in [0.25, 0.3) is 0 Å². The molecule has 7 heteroatoms. The van der Waals surface area contributed by atoms with Crippen LogP contribution >= 0.6 is 0 Å². The van der Waals surface area contributed by atoms with Gasteiger partial charge < -0.3 is 9.84 Å².